The summed E-state index contributed by atoms with van der Waals surface area (Å²) in [6.07, 6.45) is 0.506. The van der Waals surface area contributed by atoms with E-state index in [0.29, 0.717) is 19.6 Å². The first-order valence-electron chi connectivity index (χ1n) is 7.57. The Hall–Kier alpha value is -2.13. The predicted molar refractivity (Wildman–Crippen MR) is 88.5 cm³/mol. The highest BCUT2D eigenvalue weighted by atomic mass is 16.5. The van der Waals surface area contributed by atoms with Crippen LogP contribution >= 0.6 is 0 Å². The zero-order valence-electron chi connectivity index (χ0n) is 13.2. The Morgan fingerprint density at radius 2 is 1.68 bits per heavy atom. The highest BCUT2D eigenvalue weighted by molar-refractivity contribution is 5.76. The quantitative estimate of drug-likeness (QED) is 0.847. The smallest absolute Gasteiger partial charge is 0.220 e. The number of benzene rings is 2. The molecule has 0 bridgehead atoms. The van der Waals surface area contributed by atoms with Crippen LogP contribution in [0.4, 0.5) is 0 Å². The van der Waals surface area contributed by atoms with Crippen LogP contribution in [0.5, 0.6) is 0 Å². The number of nitrogens with one attached hydrogen (secondary N) is 1. The van der Waals surface area contributed by atoms with Gasteiger partial charge >= 0.3 is 0 Å². The maximum atomic E-state index is 12.0. The summed E-state index contributed by atoms with van der Waals surface area (Å²) in [6.45, 7) is 3.25. The molecule has 2 aromatic rings. The molecule has 0 aliphatic heterocycles. The molecule has 0 saturated carbocycles. The Morgan fingerprint density at radius 3 is 2.32 bits per heavy atom. The van der Waals surface area contributed by atoms with Gasteiger partial charge in [0, 0.05) is 20.1 Å². The van der Waals surface area contributed by atoms with E-state index in [2.05, 4.69) is 24.4 Å². The largest absolute Gasteiger partial charge is 0.380 e. The van der Waals surface area contributed by atoms with Crippen molar-refractivity contribution in [1.82, 2.24) is 5.32 Å². The zero-order valence-corrected chi connectivity index (χ0v) is 13.2. The lowest BCUT2D eigenvalue weighted by molar-refractivity contribution is -0.121. The van der Waals surface area contributed by atoms with Crippen molar-refractivity contribution < 1.29 is 9.53 Å². The fourth-order valence-electron chi connectivity index (χ4n) is 2.37. The summed E-state index contributed by atoms with van der Waals surface area (Å²) < 4.78 is 5.08. The molecule has 22 heavy (non-hydrogen) atoms. The monoisotopic (exact) mass is 297 g/mol. The minimum absolute atomic E-state index is 0.0809. The molecule has 1 unspecified atom stereocenters. The van der Waals surface area contributed by atoms with Crippen molar-refractivity contribution in [3.05, 3.63) is 71.3 Å². The second kappa shape index (κ2) is 8.35. The maximum absolute atomic E-state index is 12.0. The molecule has 1 amide bonds. The van der Waals surface area contributed by atoms with Gasteiger partial charge < -0.3 is 10.1 Å². The van der Waals surface area contributed by atoms with Crippen LogP contribution in [0.2, 0.25) is 0 Å². The number of rotatable bonds is 7. The number of carbonyl (C=O) groups is 1. The van der Waals surface area contributed by atoms with Gasteiger partial charge in [0.2, 0.25) is 5.91 Å². The van der Waals surface area contributed by atoms with E-state index >= 15 is 0 Å². The Balaban J connectivity index is 1.80. The molecule has 116 valence electrons. The number of amides is 1. The number of carbonyl (C=O) groups excluding carboxylic acids is 1. The predicted octanol–water partition coefficient (Wildman–Crippen LogP) is 3.64. The van der Waals surface area contributed by atoms with Gasteiger partial charge in [0.05, 0.1) is 6.61 Å². The number of methoxy groups -OCH3 is 1. The molecule has 0 heterocycles. The molecule has 0 aliphatic carbocycles. The van der Waals surface area contributed by atoms with Crippen LogP contribution in [-0.4, -0.2) is 13.0 Å². The van der Waals surface area contributed by atoms with Crippen molar-refractivity contribution in [2.45, 2.75) is 32.4 Å². The SMILES string of the molecule is COCc1ccc(CNC(=O)CC(C)c2ccccc2)cc1. The number of hydrogen-bond acceptors (Lipinski definition) is 2. The van der Waals surface area contributed by atoms with Gasteiger partial charge in [0.1, 0.15) is 0 Å². The van der Waals surface area contributed by atoms with Gasteiger partial charge in [0.15, 0.2) is 0 Å². The standard InChI is InChI=1S/C19H23NO2/c1-15(18-6-4-3-5-7-18)12-19(21)20-13-16-8-10-17(11-9-16)14-22-2/h3-11,15H,12-14H2,1-2H3,(H,20,21). The lowest BCUT2D eigenvalue weighted by atomic mass is 9.97. The van der Waals surface area contributed by atoms with Crippen LogP contribution in [0.15, 0.2) is 54.6 Å². The molecule has 0 aromatic heterocycles. The molecular formula is C19H23NO2. The molecule has 0 spiro atoms. The Morgan fingerprint density at radius 1 is 1.05 bits per heavy atom. The number of hydrogen-bond donors (Lipinski definition) is 1. The van der Waals surface area contributed by atoms with Gasteiger partial charge in [-0.05, 0) is 22.6 Å². The van der Waals surface area contributed by atoms with Crippen LogP contribution < -0.4 is 5.32 Å². The first kappa shape index (κ1) is 16.2. The van der Waals surface area contributed by atoms with Crippen LogP contribution in [0.25, 0.3) is 0 Å². The Labute approximate surface area is 132 Å². The Kier molecular flexibility index (Phi) is 6.16. The maximum Gasteiger partial charge on any atom is 0.220 e. The molecule has 3 nitrogen and oxygen atoms in total. The van der Waals surface area contributed by atoms with Crippen LogP contribution in [0.1, 0.15) is 36.0 Å². The third-order valence-corrected chi connectivity index (χ3v) is 3.68. The van der Waals surface area contributed by atoms with E-state index in [-0.39, 0.29) is 11.8 Å². The fraction of sp³-hybridized carbons (Fsp3) is 0.316. The van der Waals surface area contributed by atoms with E-state index in [1.54, 1.807) is 7.11 Å². The number of ether oxygens (including phenoxy) is 1. The van der Waals surface area contributed by atoms with Crippen molar-refractivity contribution in [2.75, 3.05) is 7.11 Å². The summed E-state index contributed by atoms with van der Waals surface area (Å²) in [4.78, 5) is 12.0. The molecule has 0 radical (unpaired) electrons. The van der Waals surface area contributed by atoms with Crippen molar-refractivity contribution >= 4 is 5.91 Å². The van der Waals surface area contributed by atoms with E-state index in [9.17, 15) is 4.79 Å². The van der Waals surface area contributed by atoms with E-state index in [0.717, 1.165) is 11.1 Å². The summed E-state index contributed by atoms with van der Waals surface area (Å²) in [7, 11) is 1.68. The molecule has 0 fully saturated rings. The van der Waals surface area contributed by atoms with Gasteiger partial charge in [-0.25, -0.2) is 0 Å². The molecule has 1 N–H and O–H groups in total. The molecule has 2 rings (SSSR count). The van der Waals surface area contributed by atoms with E-state index in [1.165, 1.54) is 5.56 Å². The third-order valence-electron chi connectivity index (χ3n) is 3.68. The third kappa shape index (κ3) is 5.01. The summed E-state index contributed by atoms with van der Waals surface area (Å²) in [5.74, 6) is 0.308. The molecule has 1 atom stereocenters. The Bertz CT molecular complexity index is 578. The molecule has 2 aromatic carbocycles. The zero-order chi connectivity index (χ0) is 15.8. The van der Waals surface area contributed by atoms with Crippen molar-refractivity contribution in [1.29, 1.82) is 0 Å². The van der Waals surface area contributed by atoms with E-state index in [1.807, 2.05) is 42.5 Å². The van der Waals surface area contributed by atoms with E-state index in [4.69, 9.17) is 4.74 Å². The van der Waals surface area contributed by atoms with Gasteiger partial charge in [-0.2, -0.15) is 0 Å². The first-order valence-corrected chi connectivity index (χ1v) is 7.57. The van der Waals surface area contributed by atoms with Gasteiger partial charge in [-0.3, -0.25) is 4.79 Å². The molecule has 0 aliphatic rings. The van der Waals surface area contributed by atoms with Gasteiger partial charge in [-0.1, -0.05) is 61.5 Å². The highest BCUT2D eigenvalue weighted by Gasteiger charge is 2.10. The average molecular weight is 297 g/mol. The molecule has 0 saturated heterocycles. The lowest BCUT2D eigenvalue weighted by Gasteiger charge is -2.12. The van der Waals surface area contributed by atoms with E-state index < -0.39 is 0 Å². The second-order valence-electron chi connectivity index (χ2n) is 5.54. The van der Waals surface area contributed by atoms with Crippen LogP contribution in [0, 0.1) is 0 Å². The lowest BCUT2D eigenvalue weighted by Crippen LogP contribution is -2.24. The van der Waals surface area contributed by atoms with Crippen molar-refractivity contribution in [3.8, 4) is 0 Å². The highest BCUT2D eigenvalue weighted by Crippen LogP contribution is 2.18. The topological polar surface area (TPSA) is 38.3 Å². The minimum Gasteiger partial charge on any atom is -0.380 e. The van der Waals surface area contributed by atoms with Crippen LogP contribution in [-0.2, 0) is 22.7 Å². The summed E-state index contributed by atoms with van der Waals surface area (Å²) in [5, 5.41) is 2.98. The van der Waals surface area contributed by atoms with Gasteiger partial charge in [0.25, 0.3) is 0 Å². The van der Waals surface area contributed by atoms with Crippen molar-refractivity contribution in [2.24, 2.45) is 0 Å². The molecule has 3 heteroatoms. The van der Waals surface area contributed by atoms with Crippen molar-refractivity contribution in [3.63, 3.8) is 0 Å². The van der Waals surface area contributed by atoms with Crippen LogP contribution in [0.3, 0.4) is 0 Å². The first-order chi connectivity index (χ1) is 10.7. The van der Waals surface area contributed by atoms with Gasteiger partial charge in [-0.15, -0.1) is 0 Å². The minimum atomic E-state index is 0.0809. The summed E-state index contributed by atoms with van der Waals surface area (Å²) >= 11 is 0. The molecular weight excluding hydrogens is 274 g/mol. The summed E-state index contributed by atoms with van der Waals surface area (Å²) in [5.41, 5.74) is 3.43. The summed E-state index contributed by atoms with van der Waals surface area (Å²) in [6, 6.07) is 18.2. The average Bonchev–Trinajstić information content (AvgIpc) is 2.55. The fourth-order valence-corrected chi connectivity index (χ4v) is 2.37. The second-order valence-corrected chi connectivity index (χ2v) is 5.54. The normalized spacial score (nSPS) is 11.9.